The molecule has 3 nitrogen and oxygen atoms in total. The number of hydrogen-bond acceptors (Lipinski definition) is 2. The third-order valence-corrected chi connectivity index (χ3v) is 3.94. The maximum Gasteiger partial charge on any atom is 0.121 e. The number of rotatable bonds is 2. The standard InChI is InChI=1S/C15H21N3/c1-11-5-7-18(8-6-11)10-15-16-13-4-3-12(2)9-14(13)17-15/h3-4,9,11H,5-8,10H2,1-2H3,(H,16,17). The third-order valence-electron chi connectivity index (χ3n) is 3.94. The van der Waals surface area contributed by atoms with E-state index in [-0.39, 0.29) is 0 Å². The number of H-pyrrole nitrogens is 1. The number of aromatic nitrogens is 2. The Balaban J connectivity index is 1.74. The lowest BCUT2D eigenvalue weighted by atomic mass is 9.99. The van der Waals surface area contributed by atoms with Crippen LogP contribution in [-0.2, 0) is 6.54 Å². The second-order valence-corrected chi connectivity index (χ2v) is 5.66. The van der Waals surface area contributed by atoms with Crippen molar-refractivity contribution in [2.45, 2.75) is 33.2 Å². The highest BCUT2D eigenvalue weighted by Crippen LogP contribution is 2.19. The number of benzene rings is 1. The summed E-state index contributed by atoms with van der Waals surface area (Å²) in [4.78, 5) is 10.6. The number of fused-ring (bicyclic) bond motifs is 1. The Morgan fingerprint density at radius 2 is 2.11 bits per heavy atom. The maximum atomic E-state index is 4.67. The van der Waals surface area contributed by atoms with Gasteiger partial charge in [0.1, 0.15) is 5.82 Å². The van der Waals surface area contributed by atoms with E-state index in [1.165, 1.54) is 31.5 Å². The Hall–Kier alpha value is -1.35. The molecule has 0 saturated carbocycles. The molecule has 0 unspecified atom stereocenters. The second kappa shape index (κ2) is 4.73. The summed E-state index contributed by atoms with van der Waals surface area (Å²) in [6, 6.07) is 6.39. The smallest absolute Gasteiger partial charge is 0.121 e. The largest absolute Gasteiger partial charge is 0.341 e. The van der Waals surface area contributed by atoms with E-state index in [2.05, 4.69) is 46.9 Å². The first-order valence-electron chi connectivity index (χ1n) is 6.88. The molecule has 3 rings (SSSR count). The molecule has 0 atom stereocenters. The van der Waals surface area contributed by atoms with Crippen LogP contribution in [0.1, 0.15) is 31.2 Å². The molecule has 0 amide bonds. The van der Waals surface area contributed by atoms with Crippen LogP contribution < -0.4 is 0 Å². The molecule has 0 radical (unpaired) electrons. The van der Waals surface area contributed by atoms with Crippen LogP contribution in [0.4, 0.5) is 0 Å². The number of nitrogens with zero attached hydrogens (tertiary/aromatic N) is 2. The van der Waals surface area contributed by atoms with E-state index in [9.17, 15) is 0 Å². The zero-order valence-electron chi connectivity index (χ0n) is 11.2. The number of aromatic amines is 1. The summed E-state index contributed by atoms with van der Waals surface area (Å²) in [5.74, 6) is 1.99. The molecule has 1 aliphatic heterocycles. The summed E-state index contributed by atoms with van der Waals surface area (Å²) < 4.78 is 0. The van der Waals surface area contributed by atoms with E-state index in [1.54, 1.807) is 0 Å². The minimum Gasteiger partial charge on any atom is -0.341 e. The van der Waals surface area contributed by atoms with Gasteiger partial charge in [-0.05, 0) is 56.5 Å². The van der Waals surface area contributed by atoms with E-state index in [0.717, 1.165) is 29.3 Å². The number of likely N-dealkylation sites (tertiary alicyclic amines) is 1. The molecule has 1 aromatic heterocycles. The average molecular weight is 243 g/mol. The Labute approximate surface area is 108 Å². The normalized spacial score (nSPS) is 18.6. The molecule has 0 spiro atoms. The van der Waals surface area contributed by atoms with Crippen molar-refractivity contribution in [2.75, 3.05) is 13.1 Å². The lowest BCUT2D eigenvalue weighted by Gasteiger charge is -2.29. The van der Waals surface area contributed by atoms with Gasteiger partial charge in [0.15, 0.2) is 0 Å². The molecule has 1 aliphatic rings. The topological polar surface area (TPSA) is 31.9 Å². The van der Waals surface area contributed by atoms with Crippen LogP contribution in [0.2, 0.25) is 0 Å². The number of aryl methyl sites for hydroxylation is 1. The number of piperidine rings is 1. The van der Waals surface area contributed by atoms with Gasteiger partial charge >= 0.3 is 0 Å². The molecule has 2 heterocycles. The maximum absolute atomic E-state index is 4.67. The molecule has 1 aromatic carbocycles. The van der Waals surface area contributed by atoms with Crippen molar-refractivity contribution in [2.24, 2.45) is 5.92 Å². The predicted molar refractivity (Wildman–Crippen MR) is 74.5 cm³/mol. The van der Waals surface area contributed by atoms with Crippen molar-refractivity contribution in [1.82, 2.24) is 14.9 Å². The van der Waals surface area contributed by atoms with Crippen molar-refractivity contribution in [1.29, 1.82) is 0 Å². The van der Waals surface area contributed by atoms with Gasteiger partial charge < -0.3 is 4.98 Å². The van der Waals surface area contributed by atoms with E-state index in [1.807, 2.05) is 0 Å². The Bertz CT molecular complexity index is 536. The van der Waals surface area contributed by atoms with E-state index < -0.39 is 0 Å². The van der Waals surface area contributed by atoms with Crippen molar-refractivity contribution in [3.63, 3.8) is 0 Å². The number of imidazole rings is 1. The van der Waals surface area contributed by atoms with Gasteiger partial charge in [0, 0.05) is 0 Å². The summed E-state index contributed by atoms with van der Waals surface area (Å²) in [5, 5.41) is 0. The van der Waals surface area contributed by atoms with E-state index in [0.29, 0.717) is 0 Å². The molecule has 1 saturated heterocycles. The lowest BCUT2D eigenvalue weighted by molar-refractivity contribution is 0.182. The Morgan fingerprint density at radius 3 is 2.89 bits per heavy atom. The first-order chi connectivity index (χ1) is 8.70. The molecule has 2 aromatic rings. The highest BCUT2D eigenvalue weighted by atomic mass is 15.2. The minimum atomic E-state index is 0.888. The molecule has 96 valence electrons. The first-order valence-corrected chi connectivity index (χ1v) is 6.88. The molecule has 0 aliphatic carbocycles. The van der Waals surface area contributed by atoms with Gasteiger partial charge in [-0.3, -0.25) is 4.90 Å². The summed E-state index contributed by atoms with van der Waals surface area (Å²) in [5.41, 5.74) is 3.53. The zero-order chi connectivity index (χ0) is 12.5. The fraction of sp³-hybridized carbons (Fsp3) is 0.533. The fourth-order valence-corrected chi connectivity index (χ4v) is 2.68. The third kappa shape index (κ3) is 2.41. The summed E-state index contributed by atoms with van der Waals surface area (Å²) >= 11 is 0. The van der Waals surface area contributed by atoms with Crippen molar-refractivity contribution in [3.05, 3.63) is 29.6 Å². The van der Waals surface area contributed by atoms with Crippen LogP contribution >= 0.6 is 0 Å². The van der Waals surface area contributed by atoms with E-state index in [4.69, 9.17) is 0 Å². The second-order valence-electron chi connectivity index (χ2n) is 5.66. The van der Waals surface area contributed by atoms with E-state index >= 15 is 0 Å². The fourth-order valence-electron chi connectivity index (χ4n) is 2.68. The summed E-state index contributed by atoms with van der Waals surface area (Å²) in [7, 11) is 0. The number of hydrogen-bond donors (Lipinski definition) is 1. The monoisotopic (exact) mass is 243 g/mol. The summed E-state index contributed by atoms with van der Waals surface area (Å²) in [6.07, 6.45) is 2.64. The van der Waals surface area contributed by atoms with Gasteiger partial charge in [-0.2, -0.15) is 0 Å². The van der Waals surface area contributed by atoms with Crippen LogP contribution in [0, 0.1) is 12.8 Å². The van der Waals surface area contributed by atoms with Crippen LogP contribution in [-0.4, -0.2) is 28.0 Å². The van der Waals surface area contributed by atoms with Gasteiger partial charge in [0.05, 0.1) is 17.6 Å². The molecular weight excluding hydrogens is 222 g/mol. The van der Waals surface area contributed by atoms with Gasteiger partial charge in [-0.25, -0.2) is 4.98 Å². The SMILES string of the molecule is Cc1ccc2nc(CN3CCC(C)CC3)[nH]c2c1. The Morgan fingerprint density at radius 1 is 1.33 bits per heavy atom. The molecule has 1 N–H and O–H groups in total. The first kappa shape index (κ1) is 11.7. The van der Waals surface area contributed by atoms with Gasteiger partial charge in [-0.15, -0.1) is 0 Å². The average Bonchev–Trinajstić information content (AvgIpc) is 2.73. The highest BCUT2D eigenvalue weighted by molar-refractivity contribution is 5.75. The van der Waals surface area contributed by atoms with Gasteiger partial charge in [-0.1, -0.05) is 13.0 Å². The number of nitrogens with one attached hydrogen (secondary N) is 1. The highest BCUT2D eigenvalue weighted by Gasteiger charge is 2.16. The lowest BCUT2D eigenvalue weighted by Crippen LogP contribution is -2.32. The molecule has 0 bridgehead atoms. The van der Waals surface area contributed by atoms with Crippen LogP contribution in [0.5, 0.6) is 0 Å². The Kier molecular flexibility index (Phi) is 3.08. The zero-order valence-corrected chi connectivity index (χ0v) is 11.2. The molecule has 3 heteroatoms. The molecular formula is C15H21N3. The quantitative estimate of drug-likeness (QED) is 0.879. The van der Waals surface area contributed by atoms with Crippen molar-refractivity contribution < 1.29 is 0 Å². The van der Waals surface area contributed by atoms with Crippen LogP contribution in [0.15, 0.2) is 18.2 Å². The summed E-state index contributed by atoms with van der Waals surface area (Å²) in [6.45, 7) is 7.84. The van der Waals surface area contributed by atoms with Gasteiger partial charge in [0.2, 0.25) is 0 Å². The molecule has 18 heavy (non-hydrogen) atoms. The van der Waals surface area contributed by atoms with Crippen LogP contribution in [0.25, 0.3) is 11.0 Å². The predicted octanol–water partition coefficient (Wildman–Crippen LogP) is 3.10. The van der Waals surface area contributed by atoms with Gasteiger partial charge in [0.25, 0.3) is 0 Å². The van der Waals surface area contributed by atoms with Crippen LogP contribution in [0.3, 0.4) is 0 Å². The van der Waals surface area contributed by atoms with Crippen molar-refractivity contribution in [3.8, 4) is 0 Å². The minimum absolute atomic E-state index is 0.888. The van der Waals surface area contributed by atoms with Crippen molar-refractivity contribution >= 4 is 11.0 Å². The molecule has 1 fully saturated rings.